The summed E-state index contributed by atoms with van der Waals surface area (Å²) in [4.78, 5) is 17.2. The predicted molar refractivity (Wildman–Crippen MR) is 101 cm³/mol. The number of halogens is 3. The summed E-state index contributed by atoms with van der Waals surface area (Å²) in [7, 11) is 0. The molecule has 2 aromatic carbocycles. The lowest BCUT2D eigenvalue weighted by Crippen LogP contribution is -2.48. The second kappa shape index (κ2) is 6.85. The maximum Gasteiger partial charge on any atom is 0.265 e. The largest absolute Gasteiger partial charge is 0.368 e. The highest BCUT2D eigenvalue weighted by molar-refractivity contribution is 7.21. The van der Waals surface area contributed by atoms with Crippen LogP contribution >= 0.6 is 22.9 Å². The van der Waals surface area contributed by atoms with Gasteiger partial charge in [0.05, 0.1) is 5.02 Å². The van der Waals surface area contributed by atoms with E-state index >= 15 is 0 Å². The molecule has 0 saturated carbocycles. The van der Waals surface area contributed by atoms with Crippen molar-refractivity contribution in [2.45, 2.75) is 0 Å². The number of carbonyl (C=O) groups excluding carboxylic acids is 1. The molecule has 3 aromatic rings. The van der Waals surface area contributed by atoms with Crippen LogP contribution in [0.25, 0.3) is 10.1 Å². The second-order valence-electron chi connectivity index (χ2n) is 6.14. The lowest BCUT2D eigenvalue weighted by atomic mass is 10.2. The van der Waals surface area contributed by atoms with E-state index in [9.17, 15) is 13.6 Å². The number of benzene rings is 2. The van der Waals surface area contributed by atoms with Gasteiger partial charge in [0.2, 0.25) is 0 Å². The van der Waals surface area contributed by atoms with Gasteiger partial charge in [-0.1, -0.05) is 11.6 Å². The van der Waals surface area contributed by atoms with E-state index in [4.69, 9.17) is 11.6 Å². The molecule has 7 heteroatoms. The number of amides is 1. The highest BCUT2D eigenvalue weighted by Gasteiger charge is 2.26. The molecule has 4 rings (SSSR count). The molecule has 2 heterocycles. The summed E-state index contributed by atoms with van der Waals surface area (Å²) < 4.78 is 27.1. The third-order valence-electron chi connectivity index (χ3n) is 4.54. The van der Waals surface area contributed by atoms with Crippen molar-refractivity contribution >= 4 is 44.6 Å². The molecule has 0 spiro atoms. The highest BCUT2D eigenvalue weighted by atomic mass is 35.5. The van der Waals surface area contributed by atoms with E-state index < -0.39 is 0 Å². The molecule has 1 aliphatic heterocycles. The van der Waals surface area contributed by atoms with Gasteiger partial charge in [-0.15, -0.1) is 11.3 Å². The SMILES string of the molecule is O=C(c1sc2cc(F)ccc2c1Cl)N1CCN(c2ccc(F)cc2)CC1. The van der Waals surface area contributed by atoms with Crippen LogP contribution in [0.5, 0.6) is 0 Å². The van der Waals surface area contributed by atoms with Crippen molar-refractivity contribution in [1.82, 2.24) is 4.90 Å². The average Bonchev–Trinajstić information content (AvgIpc) is 2.98. The van der Waals surface area contributed by atoms with Crippen LogP contribution in [0.15, 0.2) is 42.5 Å². The fourth-order valence-corrected chi connectivity index (χ4v) is 4.64. The number of hydrogen-bond donors (Lipinski definition) is 0. The van der Waals surface area contributed by atoms with Gasteiger partial charge in [-0.25, -0.2) is 8.78 Å². The van der Waals surface area contributed by atoms with Crippen LogP contribution in [0.2, 0.25) is 5.02 Å². The zero-order valence-electron chi connectivity index (χ0n) is 13.7. The molecular formula is C19H15ClF2N2OS. The first-order valence-corrected chi connectivity index (χ1v) is 9.40. The van der Waals surface area contributed by atoms with Crippen molar-refractivity contribution in [1.29, 1.82) is 0 Å². The maximum absolute atomic E-state index is 13.4. The minimum atomic E-state index is -0.345. The molecule has 0 radical (unpaired) electrons. The topological polar surface area (TPSA) is 23.6 Å². The zero-order valence-corrected chi connectivity index (χ0v) is 15.3. The average molecular weight is 393 g/mol. The van der Waals surface area contributed by atoms with Gasteiger partial charge in [-0.05, 0) is 42.5 Å². The Hall–Kier alpha value is -2.18. The van der Waals surface area contributed by atoms with Crippen LogP contribution in [0.3, 0.4) is 0 Å². The number of thiophene rings is 1. The molecule has 3 nitrogen and oxygen atoms in total. The second-order valence-corrected chi connectivity index (χ2v) is 7.57. The maximum atomic E-state index is 13.4. The summed E-state index contributed by atoms with van der Waals surface area (Å²) in [5.41, 5.74) is 0.939. The first kappa shape index (κ1) is 17.2. The molecule has 1 amide bonds. The van der Waals surface area contributed by atoms with Gasteiger partial charge in [0.1, 0.15) is 16.5 Å². The molecule has 26 heavy (non-hydrogen) atoms. The summed E-state index contributed by atoms with van der Waals surface area (Å²) in [5, 5.41) is 1.09. The number of carbonyl (C=O) groups is 1. The molecule has 1 aliphatic rings. The molecule has 0 atom stereocenters. The van der Waals surface area contributed by atoms with Crippen LogP contribution in [-0.4, -0.2) is 37.0 Å². The molecule has 134 valence electrons. The van der Waals surface area contributed by atoms with Crippen LogP contribution in [0, 0.1) is 11.6 Å². The van der Waals surface area contributed by atoms with E-state index in [0.29, 0.717) is 46.2 Å². The number of fused-ring (bicyclic) bond motifs is 1. The van der Waals surface area contributed by atoms with E-state index in [1.165, 1.54) is 35.6 Å². The van der Waals surface area contributed by atoms with Crippen molar-refractivity contribution < 1.29 is 13.6 Å². The minimum Gasteiger partial charge on any atom is -0.368 e. The van der Waals surface area contributed by atoms with Crippen molar-refractivity contribution in [2.24, 2.45) is 0 Å². The Morgan fingerprint density at radius 2 is 1.62 bits per heavy atom. The summed E-state index contributed by atoms with van der Waals surface area (Å²) >= 11 is 7.58. The van der Waals surface area contributed by atoms with Gasteiger partial charge in [-0.2, -0.15) is 0 Å². The lowest BCUT2D eigenvalue weighted by Gasteiger charge is -2.36. The monoisotopic (exact) mass is 392 g/mol. The van der Waals surface area contributed by atoms with Crippen LogP contribution in [0.1, 0.15) is 9.67 Å². The normalized spacial score (nSPS) is 14.9. The summed E-state index contributed by atoms with van der Waals surface area (Å²) in [6.45, 7) is 2.42. The predicted octanol–water partition coefficient (Wildman–Crippen LogP) is 4.80. The Bertz CT molecular complexity index is 966. The highest BCUT2D eigenvalue weighted by Crippen LogP contribution is 2.36. The number of nitrogens with zero attached hydrogens (tertiary/aromatic N) is 2. The number of hydrogen-bond acceptors (Lipinski definition) is 3. The van der Waals surface area contributed by atoms with Crippen molar-refractivity contribution in [3.63, 3.8) is 0 Å². The molecule has 1 saturated heterocycles. The van der Waals surface area contributed by atoms with Crippen LogP contribution in [0.4, 0.5) is 14.5 Å². The molecule has 0 N–H and O–H groups in total. The van der Waals surface area contributed by atoms with Gasteiger partial charge in [0.15, 0.2) is 0 Å². The van der Waals surface area contributed by atoms with Crippen LogP contribution < -0.4 is 4.90 Å². The fraction of sp³-hybridized carbons (Fsp3) is 0.211. The first-order valence-electron chi connectivity index (χ1n) is 8.20. The zero-order chi connectivity index (χ0) is 18.3. The summed E-state index contributed by atoms with van der Waals surface area (Å²) in [6.07, 6.45) is 0. The molecule has 0 bridgehead atoms. The molecule has 1 aromatic heterocycles. The van der Waals surface area contributed by atoms with E-state index in [1.54, 1.807) is 23.1 Å². The molecule has 1 fully saturated rings. The first-order chi connectivity index (χ1) is 12.5. The number of piperazine rings is 1. The van der Waals surface area contributed by atoms with E-state index in [0.717, 1.165) is 5.69 Å². The van der Waals surface area contributed by atoms with E-state index in [1.807, 2.05) is 0 Å². The van der Waals surface area contributed by atoms with Gasteiger partial charge in [0, 0.05) is 42.0 Å². The van der Waals surface area contributed by atoms with Gasteiger partial charge in [-0.3, -0.25) is 4.79 Å². The van der Waals surface area contributed by atoms with Gasteiger partial charge >= 0.3 is 0 Å². The van der Waals surface area contributed by atoms with Gasteiger partial charge in [0.25, 0.3) is 5.91 Å². The Labute approximate surface area is 158 Å². The lowest BCUT2D eigenvalue weighted by molar-refractivity contribution is 0.0752. The molecule has 0 unspecified atom stereocenters. The third kappa shape index (κ3) is 3.15. The summed E-state index contributed by atoms with van der Waals surface area (Å²) in [5.74, 6) is -0.740. The van der Waals surface area contributed by atoms with Crippen molar-refractivity contribution in [3.8, 4) is 0 Å². The summed E-state index contributed by atoms with van der Waals surface area (Å²) in [6, 6.07) is 10.7. The van der Waals surface area contributed by atoms with Gasteiger partial charge < -0.3 is 9.80 Å². The Balaban J connectivity index is 1.50. The fourth-order valence-electron chi connectivity index (χ4n) is 3.14. The standard InChI is InChI=1S/C19H15ClF2N2OS/c20-17-15-6-3-13(22)11-16(15)26-18(17)19(25)24-9-7-23(8-10-24)14-4-1-12(21)2-5-14/h1-6,11H,7-10H2. The van der Waals surface area contributed by atoms with E-state index in [2.05, 4.69) is 4.90 Å². The van der Waals surface area contributed by atoms with E-state index in [-0.39, 0.29) is 17.5 Å². The Kier molecular flexibility index (Phi) is 4.54. The Morgan fingerprint density at radius 3 is 2.31 bits per heavy atom. The minimum absolute atomic E-state index is 0.129. The quantitative estimate of drug-likeness (QED) is 0.625. The third-order valence-corrected chi connectivity index (χ3v) is 6.19. The van der Waals surface area contributed by atoms with Crippen molar-refractivity contribution in [2.75, 3.05) is 31.1 Å². The molecular weight excluding hydrogens is 378 g/mol. The van der Waals surface area contributed by atoms with Crippen LogP contribution in [-0.2, 0) is 0 Å². The number of rotatable bonds is 2. The van der Waals surface area contributed by atoms with Crippen molar-refractivity contribution in [3.05, 3.63) is 64.0 Å². The Morgan fingerprint density at radius 1 is 0.962 bits per heavy atom. The number of anilines is 1. The smallest absolute Gasteiger partial charge is 0.265 e. The molecule has 0 aliphatic carbocycles.